The second-order valence-electron chi connectivity index (χ2n) is 9.84. The van der Waals surface area contributed by atoms with Crippen molar-refractivity contribution in [3.05, 3.63) is 65.2 Å². The normalized spacial score (nSPS) is 28.9. The van der Waals surface area contributed by atoms with Crippen LogP contribution in [0.3, 0.4) is 0 Å². The van der Waals surface area contributed by atoms with E-state index in [1.54, 1.807) is 31.2 Å². The minimum atomic E-state index is -3.96. The van der Waals surface area contributed by atoms with Crippen LogP contribution in [0.2, 0.25) is 0 Å². The van der Waals surface area contributed by atoms with Gasteiger partial charge in [-0.15, -0.1) is 0 Å². The fourth-order valence-corrected chi connectivity index (χ4v) is 7.86. The van der Waals surface area contributed by atoms with Crippen LogP contribution < -0.4 is 0 Å². The molecule has 0 unspecified atom stereocenters. The molecule has 184 valence electrons. The lowest BCUT2D eigenvalue weighted by Gasteiger charge is -2.33. The summed E-state index contributed by atoms with van der Waals surface area (Å²) in [5.74, 6) is -3.29. The molecule has 2 amide bonds. The summed E-state index contributed by atoms with van der Waals surface area (Å²) in [4.78, 5) is 41.0. The average Bonchev–Trinajstić information content (AvgIpc) is 3.36. The zero-order valence-electron chi connectivity index (χ0n) is 20.2. The monoisotopic (exact) mass is 494 g/mol. The number of carbonyl (C=O) groups is 3. The van der Waals surface area contributed by atoms with Crippen molar-refractivity contribution in [3.63, 3.8) is 0 Å². The van der Waals surface area contributed by atoms with Crippen LogP contribution in [-0.2, 0) is 30.8 Å². The molecule has 2 aliphatic heterocycles. The highest BCUT2D eigenvalue weighted by Crippen LogP contribution is 2.54. The number of Topliss-reactive ketones (excluding diaryl/α,β-unsaturated/α-hetero) is 1. The van der Waals surface area contributed by atoms with Gasteiger partial charge in [0.15, 0.2) is 0 Å². The van der Waals surface area contributed by atoms with Gasteiger partial charge in [0.25, 0.3) is 0 Å². The van der Waals surface area contributed by atoms with Crippen LogP contribution in [-0.4, -0.2) is 48.3 Å². The molecule has 5 atom stereocenters. The molecule has 0 N–H and O–H groups in total. The van der Waals surface area contributed by atoms with Gasteiger partial charge in [0.05, 0.1) is 22.8 Å². The fourth-order valence-electron chi connectivity index (χ4n) is 6.19. The van der Waals surface area contributed by atoms with Crippen LogP contribution in [0.4, 0.5) is 0 Å². The fraction of sp³-hybridized carbons (Fsp3) is 0.444. The van der Waals surface area contributed by atoms with Gasteiger partial charge in [-0.25, -0.2) is 8.42 Å². The second-order valence-corrected chi connectivity index (χ2v) is 11.7. The number of ketones is 1. The molecule has 3 aliphatic rings. The van der Waals surface area contributed by atoms with Gasteiger partial charge in [-0.05, 0) is 49.4 Å². The number of nitrogens with zero attached hydrogens (tertiary/aromatic N) is 2. The first kappa shape index (κ1) is 23.9. The Morgan fingerprint density at radius 3 is 2.14 bits per heavy atom. The number of benzene rings is 2. The molecule has 35 heavy (non-hydrogen) atoms. The number of rotatable bonds is 5. The van der Waals surface area contributed by atoms with Crippen molar-refractivity contribution in [1.29, 1.82) is 0 Å². The van der Waals surface area contributed by atoms with Crippen molar-refractivity contribution in [2.24, 2.45) is 23.7 Å². The third kappa shape index (κ3) is 3.65. The molecule has 0 radical (unpaired) electrons. The summed E-state index contributed by atoms with van der Waals surface area (Å²) in [6, 6.07) is 13.6. The predicted octanol–water partition coefficient (Wildman–Crippen LogP) is 3.13. The topological polar surface area (TPSA) is 91.8 Å². The van der Waals surface area contributed by atoms with Gasteiger partial charge >= 0.3 is 0 Å². The van der Waals surface area contributed by atoms with Crippen molar-refractivity contribution in [2.75, 3.05) is 13.1 Å². The summed E-state index contributed by atoms with van der Waals surface area (Å²) in [5.41, 5.74) is 2.79. The molecule has 2 aromatic carbocycles. The summed E-state index contributed by atoms with van der Waals surface area (Å²) in [5, 5.41) is 0. The summed E-state index contributed by atoms with van der Waals surface area (Å²) < 4.78 is 29.2. The Bertz CT molecular complexity index is 1290. The van der Waals surface area contributed by atoms with Gasteiger partial charge in [-0.2, -0.15) is 4.31 Å². The minimum Gasteiger partial charge on any atom is -0.299 e. The van der Waals surface area contributed by atoms with Crippen molar-refractivity contribution >= 4 is 27.6 Å². The molecule has 1 saturated carbocycles. The van der Waals surface area contributed by atoms with Crippen molar-refractivity contribution in [1.82, 2.24) is 9.21 Å². The van der Waals surface area contributed by atoms with Gasteiger partial charge in [-0.1, -0.05) is 48.9 Å². The Morgan fingerprint density at radius 2 is 1.54 bits per heavy atom. The number of imide groups is 1. The molecule has 8 heteroatoms. The highest BCUT2D eigenvalue weighted by atomic mass is 32.2. The number of aryl methyl sites for hydroxylation is 2. The van der Waals surface area contributed by atoms with Gasteiger partial charge in [0.1, 0.15) is 5.78 Å². The summed E-state index contributed by atoms with van der Waals surface area (Å²) in [7, 11) is -3.96. The molecule has 3 fully saturated rings. The van der Waals surface area contributed by atoms with Crippen molar-refractivity contribution in [2.45, 2.75) is 44.6 Å². The molecule has 0 spiro atoms. The Hall–Kier alpha value is -2.84. The van der Waals surface area contributed by atoms with E-state index in [0.29, 0.717) is 0 Å². The molecule has 0 aromatic heterocycles. The first-order chi connectivity index (χ1) is 16.7. The Morgan fingerprint density at radius 1 is 0.886 bits per heavy atom. The summed E-state index contributed by atoms with van der Waals surface area (Å²) in [6.07, 6.45) is 0.823. The molecule has 1 aliphatic carbocycles. The van der Waals surface area contributed by atoms with E-state index in [4.69, 9.17) is 0 Å². The maximum absolute atomic E-state index is 13.9. The standard InChI is InChI=1S/C27H30N2O5S/c1-4-17-8-10-18(11-9-17)25-24-21(15-29(25)35(33,34)19-12-6-16(3)7-13-19)23-20(14-22(24)30)26(31)28(5-2)27(23)32/h6-13,20-21,23-25H,4-5,14-15H2,1-3H3/t20-,21-,23-,24-,25-/m0/s1. The van der Waals surface area contributed by atoms with Crippen LogP contribution in [0.5, 0.6) is 0 Å². The maximum Gasteiger partial charge on any atom is 0.243 e. The van der Waals surface area contributed by atoms with E-state index in [9.17, 15) is 22.8 Å². The smallest absolute Gasteiger partial charge is 0.243 e. The number of likely N-dealkylation sites (tertiary alicyclic amines) is 1. The summed E-state index contributed by atoms with van der Waals surface area (Å²) in [6.45, 7) is 5.96. The zero-order chi connectivity index (χ0) is 25.1. The molecule has 2 saturated heterocycles. The SMILES string of the molecule is CCc1ccc([C@H]2[C@@H]3C(=O)C[C@@H]4C(=O)N(CC)C(=O)[C@@H]4[C@@H]3CN2S(=O)(=O)c2ccc(C)cc2)cc1. The van der Waals surface area contributed by atoms with E-state index in [1.165, 1.54) is 9.21 Å². The summed E-state index contributed by atoms with van der Waals surface area (Å²) >= 11 is 0. The third-order valence-electron chi connectivity index (χ3n) is 8.00. The van der Waals surface area contributed by atoms with Crippen molar-refractivity contribution < 1.29 is 22.8 Å². The van der Waals surface area contributed by atoms with Gasteiger partial charge in [0.2, 0.25) is 21.8 Å². The highest BCUT2D eigenvalue weighted by Gasteiger charge is 2.63. The quantitative estimate of drug-likeness (QED) is 0.596. The van der Waals surface area contributed by atoms with E-state index in [1.807, 2.05) is 38.1 Å². The van der Waals surface area contributed by atoms with E-state index in [2.05, 4.69) is 0 Å². The van der Waals surface area contributed by atoms with E-state index >= 15 is 0 Å². The van der Waals surface area contributed by atoms with Gasteiger partial charge in [-0.3, -0.25) is 19.3 Å². The molecule has 5 rings (SSSR count). The van der Waals surface area contributed by atoms with Crippen molar-refractivity contribution in [3.8, 4) is 0 Å². The van der Waals surface area contributed by atoms with E-state index < -0.39 is 39.7 Å². The van der Waals surface area contributed by atoms with Gasteiger partial charge in [0, 0.05) is 25.4 Å². The maximum atomic E-state index is 13.9. The molecule has 7 nitrogen and oxygen atoms in total. The first-order valence-electron chi connectivity index (χ1n) is 12.2. The lowest BCUT2D eigenvalue weighted by Crippen LogP contribution is -2.42. The largest absolute Gasteiger partial charge is 0.299 e. The average molecular weight is 495 g/mol. The molecular weight excluding hydrogens is 464 g/mol. The Labute approximate surface area is 206 Å². The lowest BCUT2D eigenvalue weighted by molar-refractivity contribution is -0.140. The number of hydrogen-bond donors (Lipinski definition) is 0. The third-order valence-corrected chi connectivity index (χ3v) is 9.86. The van der Waals surface area contributed by atoms with Gasteiger partial charge < -0.3 is 0 Å². The zero-order valence-corrected chi connectivity index (χ0v) is 21.0. The highest BCUT2D eigenvalue weighted by molar-refractivity contribution is 7.89. The Balaban J connectivity index is 1.63. The van der Waals surface area contributed by atoms with E-state index in [-0.39, 0.29) is 42.0 Å². The number of sulfonamides is 1. The van der Waals surface area contributed by atoms with E-state index in [0.717, 1.165) is 23.1 Å². The molecule has 0 bridgehead atoms. The molecule has 2 heterocycles. The number of fused-ring (bicyclic) bond motifs is 3. The van der Waals surface area contributed by atoms with Crippen LogP contribution in [0, 0.1) is 30.6 Å². The molecular formula is C27H30N2O5S. The van der Waals surface area contributed by atoms with Crippen LogP contribution in [0.25, 0.3) is 0 Å². The number of amides is 2. The number of carbonyl (C=O) groups excluding carboxylic acids is 3. The Kier molecular flexibility index (Phi) is 5.92. The van der Waals surface area contributed by atoms with Crippen LogP contribution in [0.15, 0.2) is 53.4 Å². The second kappa shape index (κ2) is 8.68. The lowest BCUT2D eigenvalue weighted by atomic mass is 9.66. The number of hydrogen-bond acceptors (Lipinski definition) is 5. The van der Waals surface area contributed by atoms with Crippen LogP contribution in [0.1, 0.15) is 43.0 Å². The predicted molar refractivity (Wildman–Crippen MR) is 130 cm³/mol. The first-order valence-corrected chi connectivity index (χ1v) is 13.7. The van der Waals surface area contributed by atoms with Crippen LogP contribution >= 0.6 is 0 Å². The minimum absolute atomic E-state index is 0.0190. The molecule has 2 aromatic rings.